The van der Waals surface area contributed by atoms with Crippen LogP contribution in [0.25, 0.3) is 0 Å². The van der Waals surface area contributed by atoms with Gasteiger partial charge in [-0.2, -0.15) is 0 Å². The van der Waals surface area contributed by atoms with Crippen molar-refractivity contribution in [1.29, 1.82) is 0 Å². The maximum absolute atomic E-state index is 12.5. The fourth-order valence-electron chi connectivity index (χ4n) is 2.71. The lowest BCUT2D eigenvalue weighted by Gasteiger charge is -2.10. The first-order valence-corrected chi connectivity index (χ1v) is 8.80. The summed E-state index contributed by atoms with van der Waals surface area (Å²) in [5, 5.41) is 6.07. The molecule has 3 rings (SSSR count). The molecule has 0 bridgehead atoms. The SMILES string of the molecule is CCc1ccccc1NC(=O)c1ccc(Nc2cccc(C(C)=O)c2)nc1. The Morgan fingerprint density at radius 3 is 2.48 bits per heavy atom. The van der Waals surface area contributed by atoms with Crippen LogP contribution < -0.4 is 10.6 Å². The first kappa shape index (κ1) is 18.3. The number of aryl methyl sites for hydroxylation is 1. The van der Waals surface area contributed by atoms with Crippen LogP contribution in [0.15, 0.2) is 66.9 Å². The zero-order valence-electron chi connectivity index (χ0n) is 15.3. The molecule has 0 saturated heterocycles. The van der Waals surface area contributed by atoms with E-state index in [1.807, 2.05) is 43.3 Å². The molecule has 136 valence electrons. The van der Waals surface area contributed by atoms with E-state index in [1.165, 1.54) is 13.1 Å². The van der Waals surface area contributed by atoms with Crippen LogP contribution in [0.4, 0.5) is 17.2 Å². The average molecular weight is 359 g/mol. The topological polar surface area (TPSA) is 71.1 Å². The van der Waals surface area contributed by atoms with Crippen LogP contribution in [0, 0.1) is 0 Å². The van der Waals surface area contributed by atoms with Crippen molar-refractivity contribution in [3.63, 3.8) is 0 Å². The predicted octanol–water partition coefficient (Wildman–Crippen LogP) is 4.84. The van der Waals surface area contributed by atoms with Crippen LogP contribution in [-0.4, -0.2) is 16.7 Å². The highest BCUT2D eigenvalue weighted by Gasteiger charge is 2.09. The van der Waals surface area contributed by atoms with Crippen molar-refractivity contribution in [2.24, 2.45) is 0 Å². The van der Waals surface area contributed by atoms with Gasteiger partial charge in [-0.05, 0) is 49.2 Å². The number of benzene rings is 2. The monoisotopic (exact) mass is 359 g/mol. The number of hydrogen-bond donors (Lipinski definition) is 2. The van der Waals surface area contributed by atoms with Gasteiger partial charge in [0.1, 0.15) is 5.82 Å². The first-order chi connectivity index (χ1) is 13.1. The average Bonchev–Trinajstić information content (AvgIpc) is 2.69. The molecule has 5 nitrogen and oxygen atoms in total. The van der Waals surface area contributed by atoms with Crippen LogP contribution in [0.5, 0.6) is 0 Å². The van der Waals surface area contributed by atoms with Gasteiger partial charge in [0.05, 0.1) is 5.56 Å². The molecule has 0 saturated carbocycles. The Morgan fingerprint density at radius 2 is 1.78 bits per heavy atom. The molecule has 27 heavy (non-hydrogen) atoms. The molecule has 0 atom stereocenters. The molecule has 1 aromatic heterocycles. The van der Waals surface area contributed by atoms with Gasteiger partial charge in [0.25, 0.3) is 5.91 Å². The summed E-state index contributed by atoms with van der Waals surface area (Å²) >= 11 is 0. The van der Waals surface area contributed by atoms with Gasteiger partial charge >= 0.3 is 0 Å². The van der Waals surface area contributed by atoms with Crippen molar-refractivity contribution in [2.75, 3.05) is 10.6 Å². The molecular weight excluding hydrogens is 338 g/mol. The minimum absolute atomic E-state index is 0.00555. The lowest BCUT2D eigenvalue weighted by Crippen LogP contribution is -2.13. The number of rotatable bonds is 6. The molecule has 0 aliphatic rings. The van der Waals surface area contributed by atoms with Gasteiger partial charge in [0.15, 0.2) is 5.78 Å². The number of amides is 1. The Kier molecular flexibility index (Phi) is 5.61. The van der Waals surface area contributed by atoms with Crippen molar-refractivity contribution >= 4 is 28.9 Å². The molecule has 0 aliphatic carbocycles. The second kappa shape index (κ2) is 8.27. The van der Waals surface area contributed by atoms with Gasteiger partial charge in [-0.25, -0.2) is 4.98 Å². The standard InChI is InChI=1S/C22H21N3O2/c1-3-16-7-4-5-10-20(16)25-22(27)18-11-12-21(23-14-18)24-19-9-6-8-17(13-19)15(2)26/h4-14H,3H2,1-2H3,(H,23,24)(H,25,27). The lowest BCUT2D eigenvalue weighted by molar-refractivity contribution is 0.101. The van der Waals surface area contributed by atoms with Gasteiger partial charge in [-0.15, -0.1) is 0 Å². The van der Waals surface area contributed by atoms with E-state index in [0.717, 1.165) is 23.4 Å². The van der Waals surface area contributed by atoms with Gasteiger partial charge in [-0.1, -0.05) is 37.3 Å². The van der Waals surface area contributed by atoms with E-state index in [4.69, 9.17) is 0 Å². The molecule has 1 heterocycles. The Bertz CT molecular complexity index is 965. The summed E-state index contributed by atoms with van der Waals surface area (Å²) in [5.74, 6) is 0.403. The molecule has 5 heteroatoms. The second-order valence-corrected chi connectivity index (χ2v) is 6.16. The van der Waals surface area contributed by atoms with Crippen LogP contribution >= 0.6 is 0 Å². The van der Waals surface area contributed by atoms with Crippen molar-refractivity contribution in [2.45, 2.75) is 20.3 Å². The third-order valence-corrected chi connectivity index (χ3v) is 4.21. The van der Waals surface area contributed by atoms with E-state index >= 15 is 0 Å². The number of anilines is 3. The fourth-order valence-corrected chi connectivity index (χ4v) is 2.71. The van der Waals surface area contributed by atoms with Gasteiger partial charge in [-0.3, -0.25) is 9.59 Å². The molecule has 1 amide bonds. The number of para-hydroxylation sites is 1. The highest BCUT2D eigenvalue weighted by molar-refractivity contribution is 6.04. The van der Waals surface area contributed by atoms with Crippen LogP contribution in [0.1, 0.15) is 40.1 Å². The summed E-state index contributed by atoms with van der Waals surface area (Å²) in [5.41, 5.74) is 3.77. The van der Waals surface area contributed by atoms with Gasteiger partial charge in [0.2, 0.25) is 0 Å². The number of ketones is 1. The number of Topliss-reactive ketones (excluding diaryl/α,β-unsaturated/α-hetero) is 1. The van der Waals surface area contributed by atoms with Crippen molar-refractivity contribution < 1.29 is 9.59 Å². The Labute approximate surface area is 158 Å². The molecular formula is C22H21N3O2. The molecule has 2 aromatic carbocycles. The van der Waals surface area contributed by atoms with Crippen LogP contribution in [0.3, 0.4) is 0 Å². The molecule has 2 N–H and O–H groups in total. The number of nitrogens with zero attached hydrogens (tertiary/aromatic N) is 1. The largest absolute Gasteiger partial charge is 0.340 e. The second-order valence-electron chi connectivity index (χ2n) is 6.16. The quantitative estimate of drug-likeness (QED) is 0.618. The molecule has 0 fully saturated rings. The molecule has 0 spiro atoms. The maximum Gasteiger partial charge on any atom is 0.257 e. The number of pyridine rings is 1. The van der Waals surface area contributed by atoms with E-state index in [2.05, 4.69) is 15.6 Å². The highest BCUT2D eigenvalue weighted by Crippen LogP contribution is 2.19. The van der Waals surface area contributed by atoms with E-state index in [1.54, 1.807) is 24.3 Å². The number of nitrogens with one attached hydrogen (secondary N) is 2. The number of carbonyl (C=O) groups is 2. The minimum Gasteiger partial charge on any atom is -0.340 e. The third-order valence-electron chi connectivity index (χ3n) is 4.21. The Morgan fingerprint density at radius 1 is 0.963 bits per heavy atom. The molecule has 0 radical (unpaired) electrons. The predicted molar refractivity (Wildman–Crippen MR) is 108 cm³/mol. The summed E-state index contributed by atoms with van der Waals surface area (Å²) in [6.07, 6.45) is 2.37. The summed E-state index contributed by atoms with van der Waals surface area (Å²) in [4.78, 5) is 28.2. The molecule has 0 unspecified atom stereocenters. The van der Waals surface area contributed by atoms with E-state index in [-0.39, 0.29) is 11.7 Å². The van der Waals surface area contributed by atoms with E-state index in [0.29, 0.717) is 16.9 Å². The van der Waals surface area contributed by atoms with Gasteiger partial charge in [0, 0.05) is 23.1 Å². The van der Waals surface area contributed by atoms with Crippen molar-refractivity contribution in [1.82, 2.24) is 4.98 Å². The smallest absolute Gasteiger partial charge is 0.257 e. The summed E-state index contributed by atoms with van der Waals surface area (Å²) in [7, 11) is 0. The number of carbonyl (C=O) groups excluding carboxylic acids is 2. The summed E-state index contributed by atoms with van der Waals surface area (Å²) in [6.45, 7) is 3.58. The highest BCUT2D eigenvalue weighted by atomic mass is 16.1. The molecule has 3 aromatic rings. The summed E-state index contributed by atoms with van der Waals surface area (Å²) < 4.78 is 0. The lowest BCUT2D eigenvalue weighted by atomic mass is 10.1. The zero-order valence-corrected chi connectivity index (χ0v) is 15.3. The Balaban J connectivity index is 1.70. The minimum atomic E-state index is -0.200. The first-order valence-electron chi connectivity index (χ1n) is 8.80. The van der Waals surface area contributed by atoms with E-state index < -0.39 is 0 Å². The zero-order chi connectivity index (χ0) is 19.2. The Hall–Kier alpha value is -3.47. The van der Waals surface area contributed by atoms with Crippen LogP contribution in [-0.2, 0) is 6.42 Å². The summed E-state index contributed by atoms with van der Waals surface area (Å²) in [6, 6.07) is 18.4. The fraction of sp³-hybridized carbons (Fsp3) is 0.136. The van der Waals surface area contributed by atoms with Crippen molar-refractivity contribution in [3.8, 4) is 0 Å². The van der Waals surface area contributed by atoms with Gasteiger partial charge < -0.3 is 10.6 Å². The normalized spacial score (nSPS) is 10.3. The molecule has 0 aliphatic heterocycles. The maximum atomic E-state index is 12.5. The van der Waals surface area contributed by atoms with E-state index in [9.17, 15) is 9.59 Å². The van der Waals surface area contributed by atoms with Crippen molar-refractivity contribution in [3.05, 3.63) is 83.6 Å². The number of hydrogen-bond acceptors (Lipinski definition) is 4. The van der Waals surface area contributed by atoms with Crippen LogP contribution in [0.2, 0.25) is 0 Å². The third kappa shape index (κ3) is 4.58. The number of aromatic nitrogens is 1.